The number of hydrogen-bond donors (Lipinski definition) is 8. The molecule has 0 unspecified atom stereocenters. The number of H-pyrrole nitrogens is 4. The molecule has 10 N–H and O–H groups in total. The standard InChI is InChI=1S/C31H36N4.2C2H2N2S3.2CH4/c1-22(2)25-7-11-27(12-8-25)34-29-15-19-31(20-16-29)35-30-17-13-28(14-18-30)33-26-9-5-24(6-10-26)21-32-23(3)4;2*5-1-3-4-2(6)7-1;;/h5-20,22-23,32-35H,21H2,1-4H3;2*(H,3,5)(H,4,6);2*1H4/p+2. The Kier molecular flexibility index (Phi) is 19.3. The van der Waals surface area contributed by atoms with E-state index in [4.69, 9.17) is 48.9 Å². The Hall–Kier alpha value is -3.44. The molecule has 2 heterocycles. The van der Waals surface area contributed by atoms with Crippen molar-refractivity contribution in [1.29, 1.82) is 0 Å². The second-order valence-electron chi connectivity index (χ2n) is 11.6. The SMILES string of the molecule is C.C.CC(C)NCc1ccc([NH2+]c2ccc(Nc3ccc([NH2+]c4ccc(C(C)C)cc4)cc3)cc2)cc1.S=c1[nH][nH]c(=S)s1.S=c1[nH][nH]c(=S)s1. The minimum absolute atomic E-state index is 0. The predicted octanol–water partition coefficient (Wildman–Crippen LogP) is 11.1. The van der Waals surface area contributed by atoms with E-state index in [1.807, 2.05) is 0 Å². The number of hydrogen-bond acceptors (Lipinski definition) is 8. The molecule has 51 heavy (non-hydrogen) atoms. The topological polar surface area (TPSA) is 120 Å². The highest BCUT2D eigenvalue weighted by atomic mass is 32.2. The largest absolute Gasteiger partial charge is 0.356 e. The third-order valence-electron chi connectivity index (χ3n) is 6.98. The van der Waals surface area contributed by atoms with Gasteiger partial charge in [0.25, 0.3) is 0 Å². The summed E-state index contributed by atoms with van der Waals surface area (Å²) in [5.41, 5.74) is 9.67. The summed E-state index contributed by atoms with van der Waals surface area (Å²) < 4.78 is 2.80. The summed E-state index contributed by atoms with van der Waals surface area (Å²) in [6.07, 6.45) is 0. The Bertz CT molecular complexity index is 1960. The number of quaternary nitrogens is 2. The zero-order valence-corrected chi connectivity index (χ0v) is 32.6. The number of rotatable bonds is 10. The van der Waals surface area contributed by atoms with Gasteiger partial charge in [0.2, 0.25) is 0 Å². The minimum atomic E-state index is 0. The summed E-state index contributed by atoms with van der Waals surface area (Å²) >= 11 is 21.5. The van der Waals surface area contributed by atoms with Crippen LogP contribution in [0.3, 0.4) is 0 Å². The highest BCUT2D eigenvalue weighted by Crippen LogP contribution is 2.20. The molecular formula is C37H50N8S6+2. The van der Waals surface area contributed by atoms with Crippen LogP contribution in [0.5, 0.6) is 0 Å². The van der Waals surface area contributed by atoms with Gasteiger partial charge in [-0.05, 0) is 114 Å². The average molecular weight is 799 g/mol. The first-order valence-corrected chi connectivity index (χ1v) is 18.9. The van der Waals surface area contributed by atoms with Gasteiger partial charge in [0, 0.05) is 48.2 Å². The van der Waals surface area contributed by atoms with Crippen molar-refractivity contribution in [1.82, 2.24) is 25.7 Å². The maximum Gasteiger partial charge on any atom is 0.175 e. The molecule has 0 fully saturated rings. The Morgan fingerprint density at radius 2 is 0.863 bits per heavy atom. The highest BCUT2D eigenvalue weighted by Gasteiger charge is 2.05. The lowest BCUT2D eigenvalue weighted by Gasteiger charge is -2.09. The van der Waals surface area contributed by atoms with Crippen LogP contribution >= 0.6 is 71.5 Å². The van der Waals surface area contributed by atoms with E-state index in [0.717, 1.165) is 17.9 Å². The van der Waals surface area contributed by atoms with Crippen molar-refractivity contribution < 1.29 is 10.6 Å². The molecule has 14 heteroatoms. The van der Waals surface area contributed by atoms with Gasteiger partial charge in [-0.2, -0.15) is 0 Å². The molecule has 0 atom stereocenters. The van der Waals surface area contributed by atoms with Crippen LogP contribution in [0, 0.1) is 15.8 Å². The number of anilines is 2. The second kappa shape index (κ2) is 22.5. The summed E-state index contributed by atoms with van der Waals surface area (Å²) in [6, 6.07) is 35.2. The zero-order chi connectivity index (χ0) is 35.2. The van der Waals surface area contributed by atoms with E-state index in [-0.39, 0.29) is 14.9 Å². The normalized spacial score (nSPS) is 10.2. The van der Waals surface area contributed by atoms with Crippen molar-refractivity contribution >= 4 is 106 Å². The Labute approximate surface area is 330 Å². The summed E-state index contributed by atoms with van der Waals surface area (Å²) in [7, 11) is 0. The van der Waals surface area contributed by atoms with Crippen molar-refractivity contribution in [2.45, 2.75) is 61.1 Å². The molecule has 8 nitrogen and oxygen atoms in total. The molecule has 0 aliphatic heterocycles. The van der Waals surface area contributed by atoms with Gasteiger partial charge in [-0.1, -0.05) is 89.5 Å². The van der Waals surface area contributed by atoms with Crippen molar-refractivity contribution in [3.8, 4) is 0 Å². The van der Waals surface area contributed by atoms with Crippen molar-refractivity contribution in [3.63, 3.8) is 0 Å². The summed E-state index contributed by atoms with van der Waals surface area (Å²) in [4.78, 5) is 0. The first kappa shape index (κ1) is 43.7. The van der Waals surface area contributed by atoms with Gasteiger partial charge < -0.3 is 10.6 Å². The fourth-order valence-corrected chi connectivity index (χ4v) is 6.65. The average Bonchev–Trinajstić information content (AvgIpc) is 3.67. The molecule has 272 valence electrons. The van der Waals surface area contributed by atoms with Gasteiger partial charge in [-0.25, -0.2) is 0 Å². The number of benzene rings is 4. The molecule has 0 radical (unpaired) electrons. The van der Waals surface area contributed by atoms with E-state index in [1.54, 1.807) is 0 Å². The summed E-state index contributed by atoms with van der Waals surface area (Å²) in [5, 5.41) is 22.1. The van der Waals surface area contributed by atoms with E-state index < -0.39 is 0 Å². The van der Waals surface area contributed by atoms with Gasteiger partial charge in [0.05, 0.1) is 0 Å². The van der Waals surface area contributed by atoms with Gasteiger partial charge in [0.15, 0.2) is 15.8 Å². The molecule has 0 aliphatic carbocycles. The molecule has 2 aromatic heterocycles. The molecule has 0 aliphatic rings. The van der Waals surface area contributed by atoms with Gasteiger partial charge >= 0.3 is 0 Å². The van der Waals surface area contributed by atoms with E-state index in [9.17, 15) is 0 Å². The molecule has 6 rings (SSSR count). The Morgan fingerprint density at radius 3 is 1.16 bits per heavy atom. The minimum Gasteiger partial charge on any atom is -0.356 e. The number of aromatic amines is 4. The maximum absolute atomic E-state index is 4.70. The fourth-order valence-electron chi connectivity index (χ4n) is 4.38. The first-order chi connectivity index (χ1) is 23.5. The van der Waals surface area contributed by atoms with Crippen LogP contribution in [0.25, 0.3) is 0 Å². The summed E-state index contributed by atoms with van der Waals surface area (Å²) in [5.74, 6) is 0.560. The van der Waals surface area contributed by atoms with Crippen LogP contribution in [-0.2, 0) is 6.54 Å². The third-order valence-corrected chi connectivity index (χ3v) is 9.54. The smallest absolute Gasteiger partial charge is 0.175 e. The molecule has 6 aromatic rings. The lowest BCUT2D eigenvalue weighted by Crippen LogP contribution is -2.70. The van der Waals surface area contributed by atoms with E-state index in [1.165, 1.54) is 56.6 Å². The molecule has 0 saturated carbocycles. The monoisotopic (exact) mass is 798 g/mol. The first-order valence-electron chi connectivity index (χ1n) is 15.7. The van der Waals surface area contributed by atoms with E-state index in [2.05, 4.69) is 166 Å². The molecule has 0 spiro atoms. The van der Waals surface area contributed by atoms with E-state index in [0.29, 0.717) is 27.8 Å². The van der Waals surface area contributed by atoms with Crippen molar-refractivity contribution in [3.05, 3.63) is 124 Å². The molecule has 0 saturated heterocycles. The van der Waals surface area contributed by atoms with Gasteiger partial charge in [-0.3, -0.25) is 31.0 Å². The van der Waals surface area contributed by atoms with Crippen LogP contribution in [0.2, 0.25) is 0 Å². The third kappa shape index (κ3) is 16.2. The predicted molar refractivity (Wildman–Crippen MR) is 230 cm³/mol. The fraction of sp³-hybridized carbons (Fsp3) is 0.243. The molecule has 4 aromatic carbocycles. The van der Waals surface area contributed by atoms with Crippen molar-refractivity contribution in [2.24, 2.45) is 0 Å². The van der Waals surface area contributed by atoms with Crippen molar-refractivity contribution in [2.75, 3.05) is 5.32 Å². The molecule has 0 amide bonds. The van der Waals surface area contributed by atoms with Crippen LogP contribution < -0.4 is 21.3 Å². The second-order valence-corrected chi connectivity index (χ2v) is 16.3. The van der Waals surface area contributed by atoms with Crippen LogP contribution in [-0.4, -0.2) is 26.4 Å². The number of nitrogens with two attached hydrogens (primary N) is 2. The van der Waals surface area contributed by atoms with Crippen LogP contribution in [0.1, 0.15) is 59.6 Å². The van der Waals surface area contributed by atoms with Crippen LogP contribution in [0.4, 0.5) is 34.1 Å². The van der Waals surface area contributed by atoms with Gasteiger partial charge in [0.1, 0.15) is 22.7 Å². The molecular weight excluding hydrogens is 749 g/mol. The van der Waals surface area contributed by atoms with Gasteiger partial charge in [-0.15, -0.1) is 0 Å². The maximum atomic E-state index is 4.70. The highest BCUT2D eigenvalue weighted by molar-refractivity contribution is 7.76. The van der Waals surface area contributed by atoms with E-state index >= 15 is 0 Å². The Balaban J connectivity index is 0.000000467. The quantitative estimate of drug-likeness (QED) is 0.0516. The lowest BCUT2D eigenvalue weighted by atomic mass is 10.0. The lowest BCUT2D eigenvalue weighted by molar-refractivity contribution is -0.479. The number of nitrogens with one attached hydrogen (secondary N) is 6. The zero-order valence-electron chi connectivity index (χ0n) is 27.7. The molecule has 0 bridgehead atoms. The number of aromatic nitrogens is 4. The summed E-state index contributed by atoms with van der Waals surface area (Å²) in [6.45, 7) is 9.69. The Morgan fingerprint density at radius 1 is 0.529 bits per heavy atom. The van der Waals surface area contributed by atoms with Crippen LogP contribution in [0.15, 0.2) is 97.1 Å².